The molecular formula is C11H13N5O. The van der Waals surface area contributed by atoms with Gasteiger partial charge in [0.1, 0.15) is 0 Å². The molecule has 2 aromatic rings. The van der Waals surface area contributed by atoms with Crippen molar-refractivity contribution in [3.8, 4) is 0 Å². The number of aliphatic imine (C=N–C) groups is 1. The van der Waals surface area contributed by atoms with Crippen molar-refractivity contribution in [2.24, 2.45) is 10.7 Å². The maximum Gasteiger partial charge on any atom is 0.199 e. The van der Waals surface area contributed by atoms with E-state index < -0.39 is 0 Å². The Morgan fingerprint density at radius 2 is 2.24 bits per heavy atom. The van der Waals surface area contributed by atoms with Gasteiger partial charge in [-0.2, -0.15) is 0 Å². The van der Waals surface area contributed by atoms with E-state index in [1.54, 1.807) is 0 Å². The number of nitrogen functional groups attached to an aromatic ring is 1. The van der Waals surface area contributed by atoms with E-state index in [4.69, 9.17) is 11.5 Å². The number of anilines is 1. The van der Waals surface area contributed by atoms with Gasteiger partial charge in [-0.15, -0.1) is 0 Å². The first-order valence-corrected chi connectivity index (χ1v) is 5.22. The van der Waals surface area contributed by atoms with Gasteiger partial charge in [0, 0.05) is 0 Å². The molecule has 0 radical (unpaired) electrons. The number of amidine groups is 1. The molecule has 0 spiro atoms. The summed E-state index contributed by atoms with van der Waals surface area (Å²) in [6, 6.07) is 7.77. The summed E-state index contributed by atoms with van der Waals surface area (Å²) in [5.41, 5.74) is 13.5. The SMILES string of the molecule is CCc1cccc(N=C(N)c2nonc2N)c1. The molecular weight excluding hydrogens is 218 g/mol. The summed E-state index contributed by atoms with van der Waals surface area (Å²) >= 11 is 0. The van der Waals surface area contributed by atoms with Crippen LogP contribution in [0.25, 0.3) is 0 Å². The number of rotatable bonds is 3. The Kier molecular flexibility index (Phi) is 3.04. The monoisotopic (exact) mass is 231 g/mol. The molecule has 0 saturated carbocycles. The molecule has 0 aliphatic heterocycles. The standard InChI is InChI=1S/C11H13N5O/c1-2-7-4-3-5-8(6-7)14-10(12)9-11(13)16-17-15-9/h3-6H,2H2,1H3,(H2,12,14)(H2,13,16). The van der Waals surface area contributed by atoms with Gasteiger partial charge < -0.3 is 11.5 Å². The van der Waals surface area contributed by atoms with Crippen LogP contribution in [0.15, 0.2) is 33.9 Å². The molecule has 17 heavy (non-hydrogen) atoms. The van der Waals surface area contributed by atoms with E-state index in [0.29, 0.717) is 0 Å². The summed E-state index contributed by atoms with van der Waals surface area (Å²) in [5.74, 6) is 0.329. The Bertz CT molecular complexity index is 546. The lowest BCUT2D eigenvalue weighted by molar-refractivity contribution is 0.308. The molecule has 0 aliphatic carbocycles. The highest BCUT2D eigenvalue weighted by molar-refractivity contribution is 6.00. The molecule has 88 valence electrons. The molecule has 1 heterocycles. The third-order valence-electron chi connectivity index (χ3n) is 2.32. The van der Waals surface area contributed by atoms with E-state index >= 15 is 0 Å². The van der Waals surface area contributed by atoms with Crippen molar-refractivity contribution in [1.29, 1.82) is 0 Å². The predicted molar refractivity (Wildman–Crippen MR) is 64.9 cm³/mol. The van der Waals surface area contributed by atoms with Crippen LogP contribution < -0.4 is 11.5 Å². The molecule has 0 unspecified atom stereocenters. The summed E-state index contributed by atoms with van der Waals surface area (Å²) in [4.78, 5) is 4.22. The van der Waals surface area contributed by atoms with Crippen molar-refractivity contribution in [2.45, 2.75) is 13.3 Å². The summed E-state index contributed by atoms with van der Waals surface area (Å²) in [6.07, 6.45) is 0.941. The van der Waals surface area contributed by atoms with E-state index in [1.807, 2.05) is 24.3 Å². The minimum Gasteiger partial charge on any atom is -0.382 e. The van der Waals surface area contributed by atoms with E-state index in [0.717, 1.165) is 12.1 Å². The Balaban J connectivity index is 2.32. The molecule has 6 nitrogen and oxygen atoms in total. The Labute approximate surface area is 98.3 Å². The van der Waals surface area contributed by atoms with Crippen molar-refractivity contribution in [1.82, 2.24) is 10.3 Å². The van der Waals surface area contributed by atoms with Crippen LogP contribution in [0.3, 0.4) is 0 Å². The molecule has 0 atom stereocenters. The Morgan fingerprint density at radius 3 is 2.88 bits per heavy atom. The van der Waals surface area contributed by atoms with Crippen LogP contribution in [0.2, 0.25) is 0 Å². The highest BCUT2D eigenvalue weighted by atomic mass is 16.6. The van der Waals surface area contributed by atoms with E-state index in [9.17, 15) is 0 Å². The van der Waals surface area contributed by atoms with Crippen LogP contribution >= 0.6 is 0 Å². The zero-order valence-electron chi connectivity index (χ0n) is 9.42. The van der Waals surface area contributed by atoms with Gasteiger partial charge in [-0.05, 0) is 34.4 Å². The summed E-state index contributed by atoms with van der Waals surface area (Å²) in [6.45, 7) is 2.08. The first-order chi connectivity index (χ1) is 8.20. The first kappa shape index (κ1) is 11.1. The summed E-state index contributed by atoms with van der Waals surface area (Å²) < 4.78 is 4.46. The Hall–Kier alpha value is -2.37. The van der Waals surface area contributed by atoms with Crippen LogP contribution in [0, 0.1) is 0 Å². The van der Waals surface area contributed by atoms with E-state index in [-0.39, 0.29) is 17.3 Å². The molecule has 0 fully saturated rings. The van der Waals surface area contributed by atoms with Crippen LogP contribution in [0.5, 0.6) is 0 Å². The average molecular weight is 231 g/mol. The molecule has 1 aromatic heterocycles. The van der Waals surface area contributed by atoms with Crippen LogP contribution in [0.4, 0.5) is 11.5 Å². The number of nitrogens with zero attached hydrogens (tertiary/aromatic N) is 3. The second kappa shape index (κ2) is 4.65. The number of aromatic nitrogens is 2. The molecule has 0 bridgehead atoms. The lowest BCUT2D eigenvalue weighted by Crippen LogP contribution is -2.15. The van der Waals surface area contributed by atoms with Gasteiger partial charge in [-0.1, -0.05) is 19.1 Å². The molecule has 1 aromatic carbocycles. The van der Waals surface area contributed by atoms with Gasteiger partial charge in [0.25, 0.3) is 0 Å². The van der Waals surface area contributed by atoms with E-state index in [1.165, 1.54) is 5.56 Å². The highest BCUT2D eigenvalue weighted by Crippen LogP contribution is 2.16. The Morgan fingerprint density at radius 1 is 1.41 bits per heavy atom. The summed E-state index contributed by atoms with van der Waals surface area (Å²) in [7, 11) is 0. The lowest BCUT2D eigenvalue weighted by Gasteiger charge is -1.99. The van der Waals surface area contributed by atoms with Crippen molar-refractivity contribution in [2.75, 3.05) is 5.73 Å². The van der Waals surface area contributed by atoms with Crippen molar-refractivity contribution in [3.63, 3.8) is 0 Å². The average Bonchev–Trinajstić information content (AvgIpc) is 2.76. The predicted octanol–water partition coefficient (Wildman–Crippen LogP) is 1.25. The topological polar surface area (TPSA) is 103 Å². The molecule has 4 N–H and O–H groups in total. The lowest BCUT2D eigenvalue weighted by atomic mass is 10.1. The third kappa shape index (κ3) is 2.41. The van der Waals surface area contributed by atoms with Crippen LogP contribution in [0.1, 0.15) is 18.2 Å². The maximum absolute atomic E-state index is 5.77. The number of benzene rings is 1. The third-order valence-corrected chi connectivity index (χ3v) is 2.32. The smallest absolute Gasteiger partial charge is 0.199 e. The van der Waals surface area contributed by atoms with Gasteiger partial charge in [0.15, 0.2) is 17.3 Å². The molecule has 0 amide bonds. The zero-order valence-corrected chi connectivity index (χ0v) is 9.42. The molecule has 0 aliphatic rings. The van der Waals surface area contributed by atoms with Gasteiger partial charge in [0.2, 0.25) is 0 Å². The fraction of sp³-hybridized carbons (Fsp3) is 0.182. The van der Waals surface area contributed by atoms with Gasteiger partial charge in [-0.3, -0.25) is 0 Å². The van der Waals surface area contributed by atoms with E-state index in [2.05, 4.69) is 26.9 Å². The maximum atomic E-state index is 5.77. The molecule has 0 saturated heterocycles. The second-order valence-corrected chi connectivity index (χ2v) is 3.52. The van der Waals surface area contributed by atoms with Crippen molar-refractivity contribution >= 4 is 17.3 Å². The summed E-state index contributed by atoms with van der Waals surface area (Å²) in [5, 5.41) is 7.03. The fourth-order valence-electron chi connectivity index (χ4n) is 1.41. The number of hydrogen-bond acceptors (Lipinski definition) is 5. The minimum atomic E-state index is 0.137. The van der Waals surface area contributed by atoms with Crippen LogP contribution in [-0.4, -0.2) is 16.1 Å². The van der Waals surface area contributed by atoms with Gasteiger partial charge in [-0.25, -0.2) is 9.62 Å². The normalized spacial score (nSPS) is 11.7. The zero-order chi connectivity index (χ0) is 12.3. The fourth-order valence-corrected chi connectivity index (χ4v) is 1.41. The number of nitrogens with two attached hydrogens (primary N) is 2. The highest BCUT2D eigenvalue weighted by Gasteiger charge is 2.10. The largest absolute Gasteiger partial charge is 0.382 e. The quantitative estimate of drug-likeness (QED) is 0.611. The molecule has 6 heteroatoms. The molecule has 2 rings (SSSR count). The number of hydrogen-bond donors (Lipinski definition) is 2. The van der Waals surface area contributed by atoms with Gasteiger partial charge >= 0.3 is 0 Å². The van der Waals surface area contributed by atoms with Crippen molar-refractivity contribution in [3.05, 3.63) is 35.5 Å². The van der Waals surface area contributed by atoms with Crippen LogP contribution in [-0.2, 0) is 6.42 Å². The van der Waals surface area contributed by atoms with Gasteiger partial charge in [0.05, 0.1) is 5.69 Å². The van der Waals surface area contributed by atoms with Crippen molar-refractivity contribution < 1.29 is 4.63 Å². The second-order valence-electron chi connectivity index (χ2n) is 3.52. The first-order valence-electron chi connectivity index (χ1n) is 5.22. The number of aryl methyl sites for hydroxylation is 1. The minimum absolute atomic E-state index is 0.137.